The second-order valence-electron chi connectivity index (χ2n) is 5.21. The summed E-state index contributed by atoms with van der Waals surface area (Å²) in [4.78, 5) is 0. The van der Waals surface area contributed by atoms with E-state index in [0.717, 1.165) is 13.0 Å². The summed E-state index contributed by atoms with van der Waals surface area (Å²) < 4.78 is 5.81. The fraction of sp³-hybridized carbons (Fsp3) is 0.625. The van der Waals surface area contributed by atoms with Crippen LogP contribution < -0.4 is 5.32 Å². The third-order valence-electron chi connectivity index (χ3n) is 3.48. The quantitative estimate of drug-likeness (QED) is 0.791. The van der Waals surface area contributed by atoms with Gasteiger partial charge in [-0.05, 0) is 37.4 Å². The van der Waals surface area contributed by atoms with Gasteiger partial charge in [0, 0.05) is 0 Å². The van der Waals surface area contributed by atoms with Gasteiger partial charge in [0.2, 0.25) is 0 Å². The van der Waals surface area contributed by atoms with Gasteiger partial charge in [0.1, 0.15) is 0 Å². The van der Waals surface area contributed by atoms with Crippen molar-refractivity contribution >= 4 is 0 Å². The van der Waals surface area contributed by atoms with Gasteiger partial charge in [-0.3, -0.25) is 0 Å². The molecule has 0 aliphatic heterocycles. The lowest BCUT2D eigenvalue weighted by Gasteiger charge is -2.20. The number of rotatable bonds is 7. The highest BCUT2D eigenvalue weighted by Gasteiger charge is 2.11. The molecule has 2 atom stereocenters. The molecular weight excluding hydrogens is 222 g/mol. The minimum absolute atomic E-state index is 0.278. The molecule has 1 rings (SSSR count). The number of ether oxygens (including phenoxy) is 1. The molecule has 0 saturated heterocycles. The summed E-state index contributed by atoms with van der Waals surface area (Å²) >= 11 is 0. The minimum Gasteiger partial charge on any atom is -0.377 e. The van der Waals surface area contributed by atoms with Crippen LogP contribution in [0.4, 0.5) is 0 Å². The molecule has 102 valence electrons. The molecule has 0 aliphatic carbocycles. The molecular formula is C16H27NO. The number of likely N-dealkylation sites (N-methyl/N-ethyl adjacent to an activating group) is 1. The summed E-state index contributed by atoms with van der Waals surface area (Å²) in [7, 11) is 1.99. The van der Waals surface area contributed by atoms with Crippen LogP contribution >= 0.6 is 0 Å². The van der Waals surface area contributed by atoms with Crippen LogP contribution in [0.15, 0.2) is 24.3 Å². The monoisotopic (exact) mass is 249 g/mol. The standard InChI is InChI=1S/C16H27NO/c1-6-13(4)18-11-16(17-5)15-9-7-14(8-10-15)12(2)3/h7-10,12-13,16-17H,6,11H2,1-5H3. The maximum atomic E-state index is 5.81. The summed E-state index contributed by atoms with van der Waals surface area (Å²) in [5.74, 6) is 0.587. The van der Waals surface area contributed by atoms with E-state index in [1.165, 1.54) is 11.1 Å². The van der Waals surface area contributed by atoms with Crippen molar-refractivity contribution in [3.63, 3.8) is 0 Å². The first-order chi connectivity index (χ1) is 8.58. The van der Waals surface area contributed by atoms with Crippen molar-refractivity contribution in [2.45, 2.75) is 52.2 Å². The average molecular weight is 249 g/mol. The first-order valence-electron chi connectivity index (χ1n) is 6.97. The van der Waals surface area contributed by atoms with Gasteiger partial charge in [-0.15, -0.1) is 0 Å². The summed E-state index contributed by atoms with van der Waals surface area (Å²) in [5.41, 5.74) is 2.68. The first-order valence-corrected chi connectivity index (χ1v) is 6.97. The third-order valence-corrected chi connectivity index (χ3v) is 3.48. The Hall–Kier alpha value is -0.860. The smallest absolute Gasteiger partial charge is 0.0664 e. The molecule has 0 aromatic heterocycles. The van der Waals surface area contributed by atoms with E-state index >= 15 is 0 Å². The molecule has 0 radical (unpaired) electrons. The maximum Gasteiger partial charge on any atom is 0.0664 e. The van der Waals surface area contributed by atoms with E-state index in [1.54, 1.807) is 0 Å². The van der Waals surface area contributed by atoms with Crippen molar-refractivity contribution in [1.29, 1.82) is 0 Å². The largest absolute Gasteiger partial charge is 0.377 e. The van der Waals surface area contributed by atoms with E-state index in [0.29, 0.717) is 12.0 Å². The van der Waals surface area contributed by atoms with Crippen molar-refractivity contribution in [2.24, 2.45) is 0 Å². The topological polar surface area (TPSA) is 21.3 Å². The Kier molecular flexibility index (Phi) is 6.37. The van der Waals surface area contributed by atoms with E-state index in [-0.39, 0.29) is 6.04 Å². The fourth-order valence-corrected chi connectivity index (χ4v) is 1.84. The second kappa shape index (κ2) is 7.55. The zero-order valence-electron chi connectivity index (χ0n) is 12.4. The van der Waals surface area contributed by atoms with E-state index in [1.807, 2.05) is 7.05 Å². The predicted octanol–water partition coefficient (Wildman–Crippen LogP) is 3.89. The maximum absolute atomic E-state index is 5.81. The van der Waals surface area contributed by atoms with Crippen LogP contribution in [0.25, 0.3) is 0 Å². The predicted molar refractivity (Wildman–Crippen MR) is 78.0 cm³/mol. The third kappa shape index (κ3) is 4.43. The number of nitrogens with one attached hydrogen (secondary N) is 1. The SMILES string of the molecule is CCC(C)OCC(NC)c1ccc(C(C)C)cc1. The van der Waals surface area contributed by atoms with Gasteiger partial charge in [0.25, 0.3) is 0 Å². The van der Waals surface area contributed by atoms with E-state index in [2.05, 4.69) is 57.3 Å². The van der Waals surface area contributed by atoms with Crippen molar-refractivity contribution < 1.29 is 4.74 Å². The Morgan fingerprint density at radius 2 is 1.61 bits per heavy atom. The molecule has 1 aromatic rings. The Bertz CT molecular complexity index is 331. The molecule has 2 nitrogen and oxygen atoms in total. The Morgan fingerprint density at radius 1 is 1.06 bits per heavy atom. The number of hydrogen-bond acceptors (Lipinski definition) is 2. The molecule has 1 N–H and O–H groups in total. The Labute approximate surface area is 112 Å². The fourth-order valence-electron chi connectivity index (χ4n) is 1.84. The lowest BCUT2D eigenvalue weighted by atomic mass is 9.99. The summed E-state index contributed by atoms with van der Waals surface area (Å²) in [6.45, 7) is 9.44. The van der Waals surface area contributed by atoms with Crippen molar-refractivity contribution in [3.8, 4) is 0 Å². The lowest BCUT2D eigenvalue weighted by Crippen LogP contribution is -2.24. The van der Waals surface area contributed by atoms with Crippen molar-refractivity contribution in [2.75, 3.05) is 13.7 Å². The Balaban J connectivity index is 2.64. The highest BCUT2D eigenvalue weighted by molar-refractivity contribution is 5.26. The van der Waals surface area contributed by atoms with Crippen molar-refractivity contribution in [1.82, 2.24) is 5.32 Å². The molecule has 0 fully saturated rings. The average Bonchev–Trinajstić information content (AvgIpc) is 2.39. The van der Waals surface area contributed by atoms with Gasteiger partial charge >= 0.3 is 0 Å². The van der Waals surface area contributed by atoms with Gasteiger partial charge in [0.15, 0.2) is 0 Å². The Morgan fingerprint density at radius 3 is 2.06 bits per heavy atom. The van der Waals surface area contributed by atoms with Gasteiger partial charge in [-0.1, -0.05) is 45.0 Å². The summed E-state index contributed by atoms with van der Waals surface area (Å²) in [6.07, 6.45) is 1.39. The van der Waals surface area contributed by atoms with Gasteiger partial charge in [0.05, 0.1) is 18.8 Å². The molecule has 0 aliphatic rings. The molecule has 0 bridgehead atoms. The zero-order chi connectivity index (χ0) is 13.5. The summed E-state index contributed by atoms with van der Waals surface area (Å²) in [5, 5.41) is 3.32. The van der Waals surface area contributed by atoms with Crippen LogP contribution in [0, 0.1) is 0 Å². The molecule has 0 amide bonds. The van der Waals surface area contributed by atoms with Gasteiger partial charge in [-0.25, -0.2) is 0 Å². The van der Waals surface area contributed by atoms with Crippen LogP contribution in [-0.2, 0) is 4.74 Å². The molecule has 18 heavy (non-hydrogen) atoms. The molecule has 1 aromatic carbocycles. The number of hydrogen-bond donors (Lipinski definition) is 1. The van der Waals surface area contributed by atoms with E-state index in [4.69, 9.17) is 4.74 Å². The summed E-state index contributed by atoms with van der Waals surface area (Å²) in [6, 6.07) is 9.12. The first kappa shape index (κ1) is 15.2. The highest BCUT2D eigenvalue weighted by Crippen LogP contribution is 2.19. The second-order valence-corrected chi connectivity index (χ2v) is 5.21. The van der Waals surface area contributed by atoms with Crippen LogP contribution in [0.5, 0.6) is 0 Å². The molecule has 2 heteroatoms. The molecule has 2 unspecified atom stereocenters. The van der Waals surface area contributed by atoms with E-state index in [9.17, 15) is 0 Å². The molecule has 0 saturated carbocycles. The zero-order valence-corrected chi connectivity index (χ0v) is 12.4. The van der Waals surface area contributed by atoms with Crippen LogP contribution in [-0.4, -0.2) is 19.8 Å². The highest BCUT2D eigenvalue weighted by atomic mass is 16.5. The normalized spacial score (nSPS) is 14.8. The van der Waals surface area contributed by atoms with E-state index < -0.39 is 0 Å². The van der Waals surface area contributed by atoms with Crippen LogP contribution in [0.1, 0.15) is 57.2 Å². The van der Waals surface area contributed by atoms with Crippen LogP contribution in [0.3, 0.4) is 0 Å². The lowest BCUT2D eigenvalue weighted by molar-refractivity contribution is 0.0487. The van der Waals surface area contributed by atoms with Gasteiger partial charge < -0.3 is 10.1 Å². The molecule has 0 spiro atoms. The molecule has 0 heterocycles. The van der Waals surface area contributed by atoms with Gasteiger partial charge in [-0.2, -0.15) is 0 Å². The van der Waals surface area contributed by atoms with Crippen molar-refractivity contribution in [3.05, 3.63) is 35.4 Å². The minimum atomic E-state index is 0.278. The van der Waals surface area contributed by atoms with Crippen LogP contribution in [0.2, 0.25) is 0 Å². The number of benzene rings is 1.